The van der Waals surface area contributed by atoms with Crippen LogP contribution in [-0.2, 0) is 12.9 Å². The van der Waals surface area contributed by atoms with E-state index in [1.54, 1.807) is 0 Å². The fraction of sp³-hybridized carbons (Fsp3) is 1.00. The van der Waals surface area contributed by atoms with Crippen molar-refractivity contribution in [2.75, 3.05) is 26.4 Å². The van der Waals surface area contributed by atoms with Crippen LogP contribution in [-0.4, -0.2) is 46.9 Å². The van der Waals surface area contributed by atoms with E-state index in [-0.39, 0.29) is 26.4 Å². The fourth-order valence-electron chi connectivity index (χ4n) is 0. The predicted octanol–water partition coefficient (Wildman–Crippen LogP) is -0.682. The Morgan fingerprint density at radius 3 is 0.818 bits per heavy atom. The number of aliphatic hydroxyl groups is 4. The van der Waals surface area contributed by atoms with Gasteiger partial charge < -0.3 is 20.4 Å². The van der Waals surface area contributed by atoms with Crippen molar-refractivity contribution >= 4 is 20.3 Å². The number of hydrogen-bond donors (Lipinski definition) is 4. The summed E-state index contributed by atoms with van der Waals surface area (Å²) in [7, 11) is 9.47. The summed E-state index contributed by atoms with van der Waals surface area (Å²) in [5.74, 6) is 0. The summed E-state index contributed by atoms with van der Waals surface area (Å²) in [5.41, 5.74) is 0. The molecule has 4 N–H and O–H groups in total. The predicted molar refractivity (Wildman–Crippen MR) is 40.0 cm³/mol. The van der Waals surface area contributed by atoms with Crippen LogP contribution in [0.3, 0.4) is 0 Å². The van der Waals surface area contributed by atoms with Gasteiger partial charge in [-0.05, 0) is 0 Å². The molecule has 0 aliphatic rings. The Kier molecular flexibility index (Phi) is 49.8. The van der Waals surface area contributed by atoms with Gasteiger partial charge in [0, 0.05) is 0 Å². The molecule has 0 rings (SSSR count). The molecular weight excluding hydrogens is 242 g/mol. The minimum absolute atomic E-state index is 0.125. The Balaban J connectivity index is -0.0000000886. The van der Waals surface area contributed by atoms with Crippen molar-refractivity contribution in [1.82, 2.24) is 0 Å². The molecule has 0 radical (unpaired) electrons. The van der Waals surface area contributed by atoms with Gasteiger partial charge in [-0.3, -0.25) is 0 Å². The maximum atomic E-state index is 7.62. The van der Waals surface area contributed by atoms with Crippen LogP contribution in [0.25, 0.3) is 0 Å². The fourth-order valence-corrected chi connectivity index (χ4v) is 0. The Labute approximate surface area is 80.2 Å². The molecule has 0 aliphatic carbocycles. The molecule has 0 amide bonds. The van der Waals surface area contributed by atoms with Gasteiger partial charge in [0.25, 0.3) is 0 Å². The van der Waals surface area contributed by atoms with Crippen LogP contribution in [0.4, 0.5) is 0 Å². The molecule has 11 heavy (non-hydrogen) atoms. The Bertz CT molecular complexity index is 35.3. The van der Waals surface area contributed by atoms with Crippen molar-refractivity contribution in [2.24, 2.45) is 0 Å². The van der Waals surface area contributed by atoms with Crippen LogP contribution >= 0.6 is 20.3 Å². The van der Waals surface area contributed by atoms with Crippen molar-refractivity contribution in [1.29, 1.82) is 0 Å². The van der Waals surface area contributed by atoms with Crippen LogP contribution in [0.2, 0.25) is 0 Å². The Morgan fingerprint density at radius 1 is 0.727 bits per heavy atom. The van der Waals surface area contributed by atoms with E-state index < -0.39 is 0 Å². The topological polar surface area (TPSA) is 80.9 Å². The van der Waals surface area contributed by atoms with Gasteiger partial charge in [-0.1, -0.05) is 0 Å². The van der Waals surface area contributed by atoms with E-state index >= 15 is 0 Å². The van der Waals surface area contributed by atoms with Gasteiger partial charge in [-0.2, -0.15) is 0 Å². The third-order valence-corrected chi connectivity index (χ3v) is 0.200. The minimum atomic E-state index is -0.125. The number of rotatable bonds is 2. The quantitative estimate of drug-likeness (QED) is 0.526. The molecule has 0 unspecified atom stereocenters. The summed E-state index contributed by atoms with van der Waals surface area (Å²) < 4.78 is 0. The van der Waals surface area contributed by atoms with E-state index in [1.165, 1.54) is 0 Å². The second-order valence-electron chi connectivity index (χ2n) is 0.942. The normalized spacial score (nSPS) is 7.45. The summed E-state index contributed by atoms with van der Waals surface area (Å²) in [6, 6.07) is 0. The second kappa shape index (κ2) is 30.7. The molecule has 0 atom stereocenters. The summed E-state index contributed by atoms with van der Waals surface area (Å²) in [5, 5.41) is 30.5. The summed E-state index contributed by atoms with van der Waals surface area (Å²) in [6.45, 7) is -0.500. The first-order valence-electron chi connectivity index (χ1n) is 2.52. The molecule has 4 nitrogen and oxygen atoms in total. The van der Waals surface area contributed by atoms with Gasteiger partial charge in [0.1, 0.15) is 0 Å². The number of aliphatic hydroxyl groups excluding tert-OH is 4. The molecule has 0 heterocycles. The third kappa shape index (κ3) is 102. The van der Waals surface area contributed by atoms with E-state index in [4.69, 9.17) is 40.7 Å². The first-order chi connectivity index (χ1) is 5.24. The van der Waals surface area contributed by atoms with Gasteiger partial charge in [-0.25, -0.2) is 0 Å². The SMILES string of the molecule is OCCO.OCCO.[Cl][Co][Cl]. The van der Waals surface area contributed by atoms with Gasteiger partial charge in [0.05, 0.1) is 26.4 Å². The van der Waals surface area contributed by atoms with E-state index in [0.29, 0.717) is 12.9 Å². The molecule has 7 heteroatoms. The van der Waals surface area contributed by atoms with E-state index in [0.717, 1.165) is 0 Å². The summed E-state index contributed by atoms with van der Waals surface area (Å²) >= 11 is 0.382. The zero-order valence-electron chi connectivity index (χ0n) is 5.71. The van der Waals surface area contributed by atoms with Gasteiger partial charge in [0.2, 0.25) is 0 Å². The van der Waals surface area contributed by atoms with Crippen LogP contribution in [0.1, 0.15) is 0 Å². The number of halogens is 2. The van der Waals surface area contributed by atoms with E-state index in [1.807, 2.05) is 0 Å². The maximum absolute atomic E-state index is 7.62. The second-order valence-corrected chi connectivity index (χ2v) is 2.66. The Morgan fingerprint density at radius 2 is 0.818 bits per heavy atom. The molecule has 0 fully saturated rings. The standard InChI is InChI=1S/2C2H6O2.2ClH.Co/c2*3-1-2-4;;;/h2*3-4H,1-2H2;2*1H;/q;;;;+2/p-2. The molecular formula is C4H12Cl2CoO4. The van der Waals surface area contributed by atoms with Crippen LogP contribution in [0, 0.1) is 0 Å². The average molecular weight is 254 g/mol. The zero-order valence-corrected chi connectivity index (χ0v) is 8.26. The van der Waals surface area contributed by atoms with Gasteiger partial charge in [-0.15, -0.1) is 0 Å². The molecule has 75 valence electrons. The molecule has 0 aromatic heterocycles. The van der Waals surface area contributed by atoms with Crippen molar-refractivity contribution in [3.63, 3.8) is 0 Å². The molecule has 0 aromatic carbocycles. The first-order valence-corrected chi connectivity index (χ1v) is 5.38. The molecule has 0 spiro atoms. The molecule has 0 aromatic rings. The summed E-state index contributed by atoms with van der Waals surface area (Å²) in [6.07, 6.45) is 0. The van der Waals surface area contributed by atoms with E-state index in [2.05, 4.69) is 0 Å². The molecule has 0 bridgehead atoms. The van der Waals surface area contributed by atoms with Gasteiger partial charge in [0.15, 0.2) is 0 Å². The van der Waals surface area contributed by atoms with Crippen LogP contribution in [0.15, 0.2) is 0 Å². The van der Waals surface area contributed by atoms with E-state index in [9.17, 15) is 0 Å². The van der Waals surface area contributed by atoms with Crippen molar-refractivity contribution < 1.29 is 33.3 Å². The van der Waals surface area contributed by atoms with Crippen LogP contribution in [0.5, 0.6) is 0 Å². The van der Waals surface area contributed by atoms with Crippen molar-refractivity contribution in [2.45, 2.75) is 0 Å². The van der Waals surface area contributed by atoms with Crippen LogP contribution < -0.4 is 0 Å². The van der Waals surface area contributed by atoms with Crippen molar-refractivity contribution in [3.05, 3.63) is 0 Å². The third-order valence-electron chi connectivity index (χ3n) is 0.200. The van der Waals surface area contributed by atoms with Crippen molar-refractivity contribution in [3.8, 4) is 0 Å². The van der Waals surface area contributed by atoms with Gasteiger partial charge >= 0.3 is 33.2 Å². The Hall–Kier alpha value is 0.926. The first kappa shape index (κ1) is 17.9. The molecule has 0 saturated heterocycles. The zero-order chi connectivity index (χ0) is 9.54. The average Bonchev–Trinajstić information content (AvgIpc) is 2.06. The summed E-state index contributed by atoms with van der Waals surface area (Å²) in [4.78, 5) is 0. The molecule has 0 aliphatic heterocycles. The molecule has 0 saturated carbocycles. The number of hydrogen-bond acceptors (Lipinski definition) is 4. The monoisotopic (exact) mass is 253 g/mol.